The summed E-state index contributed by atoms with van der Waals surface area (Å²) in [6.07, 6.45) is 7.84. The van der Waals surface area contributed by atoms with E-state index in [0.717, 1.165) is 6.42 Å². The van der Waals surface area contributed by atoms with Crippen LogP contribution in [0.2, 0.25) is 0 Å². The fourth-order valence-electron chi connectivity index (χ4n) is 2.54. The third kappa shape index (κ3) is 3.27. The summed E-state index contributed by atoms with van der Waals surface area (Å²) >= 11 is 0. The first-order valence-corrected chi connectivity index (χ1v) is 6.19. The number of hydrogen-bond donors (Lipinski definition) is 1. The van der Waals surface area contributed by atoms with Gasteiger partial charge in [-0.15, -0.1) is 0 Å². The molecule has 1 aliphatic carbocycles. The summed E-state index contributed by atoms with van der Waals surface area (Å²) < 4.78 is 0. The Bertz CT molecular complexity index is 184. The Labute approximate surface area is 89.5 Å². The molecule has 0 saturated heterocycles. The molecule has 84 valence electrons. The van der Waals surface area contributed by atoms with E-state index in [1.807, 2.05) is 0 Å². The molecular formula is C13H27N. The summed E-state index contributed by atoms with van der Waals surface area (Å²) in [6.45, 7) is 9.36. The van der Waals surface area contributed by atoms with Gasteiger partial charge in [-0.2, -0.15) is 0 Å². The van der Waals surface area contributed by atoms with E-state index in [2.05, 4.69) is 27.7 Å². The maximum Gasteiger partial charge on any atom is 0.00413 e. The lowest BCUT2D eigenvalue weighted by Crippen LogP contribution is -2.30. The standard InChI is InChI=1S/C13H27N/c1-5-11(14)9-12(3,6-2)10-13(4)7-8-13/h11H,5-10,14H2,1-4H3. The first kappa shape index (κ1) is 12.0. The van der Waals surface area contributed by atoms with E-state index in [-0.39, 0.29) is 0 Å². The molecular weight excluding hydrogens is 170 g/mol. The van der Waals surface area contributed by atoms with Gasteiger partial charge >= 0.3 is 0 Å². The molecule has 0 bridgehead atoms. The number of rotatable bonds is 6. The SMILES string of the molecule is CCC(N)CC(C)(CC)CC1(C)CC1. The fourth-order valence-corrected chi connectivity index (χ4v) is 2.54. The second kappa shape index (κ2) is 4.22. The van der Waals surface area contributed by atoms with E-state index in [1.54, 1.807) is 0 Å². The Morgan fingerprint density at radius 3 is 2.29 bits per heavy atom. The monoisotopic (exact) mass is 197 g/mol. The molecule has 0 amide bonds. The van der Waals surface area contributed by atoms with E-state index in [1.165, 1.54) is 32.1 Å². The zero-order valence-electron chi connectivity index (χ0n) is 10.4. The smallest absolute Gasteiger partial charge is 0.00413 e. The third-order valence-corrected chi connectivity index (χ3v) is 4.09. The van der Waals surface area contributed by atoms with Crippen LogP contribution in [0.3, 0.4) is 0 Å². The van der Waals surface area contributed by atoms with Crippen molar-refractivity contribution in [3.63, 3.8) is 0 Å². The van der Waals surface area contributed by atoms with Crippen molar-refractivity contribution >= 4 is 0 Å². The topological polar surface area (TPSA) is 26.0 Å². The molecule has 2 unspecified atom stereocenters. The Morgan fingerprint density at radius 2 is 1.93 bits per heavy atom. The van der Waals surface area contributed by atoms with Crippen molar-refractivity contribution in [1.29, 1.82) is 0 Å². The van der Waals surface area contributed by atoms with Crippen molar-refractivity contribution in [3.05, 3.63) is 0 Å². The normalized spacial score (nSPS) is 25.5. The van der Waals surface area contributed by atoms with Gasteiger partial charge in [-0.05, 0) is 42.9 Å². The highest BCUT2D eigenvalue weighted by molar-refractivity contribution is 4.94. The van der Waals surface area contributed by atoms with E-state index < -0.39 is 0 Å². The van der Waals surface area contributed by atoms with Crippen LogP contribution in [0.4, 0.5) is 0 Å². The van der Waals surface area contributed by atoms with E-state index in [0.29, 0.717) is 16.9 Å². The van der Waals surface area contributed by atoms with E-state index >= 15 is 0 Å². The third-order valence-electron chi connectivity index (χ3n) is 4.09. The molecule has 1 aliphatic rings. The van der Waals surface area contributed by atoms with Gasteiger partial charge in [0.1, 0.15) is 0 Å². The van der Waals surface area contributed by atoms with Gasteiger partial charge in [-0.1, -0.05) is 34.1 Å². The van der Waals surface area contributed by atoms with Crippen molar-refractivity contribution < 1.29 is 0 Å². The zero-order valence-corrected chi connectivity index (χ0v) is 10.4. The van der Waals surface area contributed by atoms with E-state index in [4.69, 9.17) is 5.73 Å². The second-order valence-electron chi connectivity index (χ2n) is 6.02. The summed E-state index contributed by atoms with van der Waals surface area (Å²) in [6, 6.07) is 0.405. The molecule has 0 aromatic carbocycles. The molecule has 0 aromatic heterocycles. The van der Waals surface area contributed by atoms with Gasteiger partial charge < -0.3 is 5.73 Å². The van der Waals surface area contributed by atoms with Crippen LogP contribution >= 0.6 is 0 Å². The Hall–Kier alpha value is -0.0400. The van der Waals surface area contributed by atoms with Crippen LogP contribution in [0, 0.1) is 10.8 Å². The number of nitrogens with two attached hydrogens (primary N) is 1. The van der Waals surface area contributed by atoms with Crippen LogP contribution in [0.25, 0.3) is 0 Å². The van der Waals surface area contributed by atoms with Gasteiger partial charge in [0, 0.05) is 6.04 Å². The summed E-state index contributed by atoms with van der Waals surface area (Å²) in [5.41, 5.74) is 7.23. The lowest BCUT2D eigenvalue weighted by molar-refractivity contribution is 0.192. The molecule has 0 spiro atoms. The molecule has 1 saturated carbocycles. The summed E-state index contributed by atoms with van der Waals surface area (Å²) in [4.78, 5) is 0. The number of hydrogen-bond acceptors (Lipinski definition) is 1. The van der Waals surface area contributed by atoms with Crippen molar-refractivity contribution in [1.82, 2.24) is 0 Å². The quantitative estimate of drug-likeness (QED) is 0.690. The maximum atomic E-state index is 6.07. The second-order valence-corrected chi connectivity index (χ2v) is 6.02. The average Bonchev–Trinajstić information content (AvgIpc) is 2.82. The van der Waals surface area contributed by atoms with Crippen LogP contribution < -0.4 is 5.73 Å². The van der Waals surface area contributed by atoms with Crippen molar-refractivity contribution in [2.45, 2.75) is 72.3 Å². The molecule has 0 radical (unpaired) electrons. The summed E-state index contributed by atoms with van der Waals surface area (Å²) in [5, 5.41) is 0. The summed E-state index contributed by atoms with van der Waals surface area (Å²) in [7, 11) is 0. The predicted molar refractivity (Wildman–Crippen MR) is 63.2 cm³/mol. The first-order chi connectivity index (χ1) is 6.43. The van der Waals surface area contributed by atoms with Crippen LogP contribution in [0.5, 0.6) is 0 Å². The largest absolute Gasteiger partial charge is 0.328 e. The summed E-state index contributed by atoms with van der Waals surface area (Å²) in [5.74, 6) is 0. The molecule has 2 N–H and O–H groups in total. The van der Waals surface area contributed by atoms with Gasteiger partial charge in [0.25, 0.3) is 0 Å². The van der Waals surface area contributed by atoms with Crippen molar-refractivity contribution in [3.8, 4) is 0 Å². The molecule has 1 rings (SSSR count). The van der Waals surface area contributed by atoms with Gasteiger partial charge in [-0.25, -0.2) is 0 Å². The lowest BCUT2D eigenvalue weighted by Gasteiger charge is -2.33. The van der Waals surface area contributed by atoms with Crippen LogP contribution in [-0.2, 0) is 0 Å². The lowest BCUT2D eigenvalue weighted by atomic mass is 9.73. The Kier molecular flexibility index (Phi) is 3.63. The Morgan fingerprint density at radius 1 is 1.36 bits per heavy atom. The molecule has 0 heterocycles. The molecule has 1 fully saturated rings. The zero-order chi connectivity index (χ0) is 10.8. The van der Waals surface area contributed by atoms with Crippen LogP contribution in [-0.4, -0.2) is 6.04 Å². The molecule has 1 nitrogen and oxygen atoms in total. The minimum Gasteiger partial charge on any atom is -0.328 e. The minimum atomic E-state index is 0.405. The van der Waals surface area contributed by atoms with Crippen molar-refractivity contribution in [2.24, 2.45) is 16.6 Å². The molecule has 2 atom stereocenters. The molecule has 0 aliphatic heterocycles. The highest BCUT2D eigenvalue weighted by Crippen LogP contribution is 2.54. The van der Waals surface area contributed by atoms with Crippen LogP contribution in [0.15, 0.2) is 0 Å². The van der Waals surface area contributed by atoms with Gasteiger partial charge in [-0.3, -0.25) is 0 Å². The average molecular weight is 197 g/mol. The predicted octanol–water partition coefficient (Wildman–Crippen LogP) is 3.72. The highest BCUT2D eigenvalue weighted by atomic mass is 14.6. The first-order valence-electron chi connectivity index (χ1n) is 6.19. The fraction of sp³-hybridized carbons (Fsp3) is 1.00. The Balaban J connectivity index is 2.47. The maximum absolute atomic E-state index is 6.07. The van der Waals surface area contributed by atoms with Gasteiger partial charge in [0.05, 0.1) is 0 Å². The minimum absolute atomic E-state index is 0.405. The van der Waals surface area contributed by atoms with Crippen LogP contribution in [0.1, 0.15) is 66.2 Å². The van der Waals surface area contributed by atoms with Gasteiger partial charge in [0.15, 0.2) is 0 Å². The van der Waals surface area contributed by atoms with Crippen molar-refractivity contribution in [2.75, 3.05) is 0 Å². The highest BCUT2D eigenvalue weighted by Gasteiger charge is 2.42. The van der Waals surface area contributed by atoms with Gasteiger partial charge in [0.2, 0.25) is 0 Å². The molecule has 14 heavy (non-hydrogen) atoms. The molecule has 1 heteroatoms. The molecule has 0 aromatic rings. The van der Waals surface area contributed by atoms with E-state index in [9.17, 15) is 0 Å².